The number of rotatable bonds is 6. The number of nitrogens with zero attached hydrogens (tertiary/aromatic N) is 3. The van der Waals surface area contributed by atoms with Crippen molar-refractivity contribution in [3.8, 4) is 22.0 Å². The Balaban J connectivity index is 1.36. The molecule has 0 saturated carbocycles. The summed E-state index contributed by atoms with van der Waals surface area (Å²) in [5.41, 5.74) is 5.90. The van der Waals surface area contributed by atoms with E-state index in [1.54, 1.807) is 35.9 Å². The molecule has 0 fully saturated rings. The highest BCUT2D eigenvalue weighted by molar-refractivity contribution is 7.13. The Bertz CT molecular complexity index is 1370. The van der Waals surface area contributed by atoms with Crippen molar-refractivity contribution >= 4 is 28.2 Å². The second kappa shape index (κ2) is 8.72. The van der Waals surface area contributed by atoms with Crippen LogP contribution in [0.5, 0.6) is 0 Å². The normalized spacial score (nSPS) is 11.0. The van der Waals surface area contributed by atoms with Crippen molar-refractivity contribution in [3.05, 3.63) is 89.1 Å². The smallest absolute Gasteiger partial charge is 0.251 e. The van der Waals surface area contributed by atoms with Crippen LogP contribution in [-0.2, 0) is 6.42 Å². The molecule has 6 nitrogen and oxygen atoms in total. The van der Waals surface area contributed by atoms with E-state index in [1.165, 1.54) is 5.56 Å². The Morgan fingerprint density at radius 3 is 2.81 bits per heavy atom. The average Bonchev–Trinajstić information content (AvgIpc) is 3.47. The van der Waals surface area contributed by atoms with Gasteiger partial charge in [0.05, 0.1) is 5.39 Å². The molecule has 2 aromatic carbocycles. The van der Waals surface area contributed by atoms with Crippen LogP contribution < -0.4 is 5.32 Å². The molecule has 0 aliphatic heterocycles. The van der Waals surface area contributed by atoms with E-state index >= 15 is 0 Å². The molecule has 0 unspecified atom stereocenters. The van der Waals surface area contributed by atoms with E-state index in [0.29, 0.717) is 23.4 Å². The first kappa shape index (κ1) is 20.1. The van der Waals surface area contributed by atoms with Crippen molar-refractivity contribution in [1.82, 2.24) is 20.4 Å². The van der Waals surface area contributed by atoms with E-state index in [9.17, 15) is 4.79 Å². The molecule has 1 N–H and O–H groups in total. The van der Waals surface area contributed by atoms with Gasteiger partial charge in [0.25, 0.3) is 5.91 Å². The molecule has 0 aliphatic rings. The van der Waals surface area contributed by atoms with Crippen molar-refractivity contribution in [2.45, 2.75) is 13.3 Å². The van der Waals surface area contributed by atoms with Gasteiger partial charge in [-0.15, -0.1) is 11.3 Å². The highest BCUT2D eigenvalue weighted by atomic mass is 32.1. The third-order valence-corrected chi connectivity index (χ3v) is 6.09. The summed E-state index contributed by atoms with van der Waals surface area (Å²) in [6.45, 7) is 2.59. The van der Waals surface area contributed by atoms with Crippen LogP contribution in [0.2, 0.25) is 0 Å². The highest BCUT2D eigenvalue weighted by Crippen LogP contribution is 2.33. The number of amides is 1. The van der Waals surface area contributed by atoms with Gasteiger partial charge in [-0.05, 0) is 43.2 Å². The maximum absolute atomic E-state index is 12.7. The van der Waals surface area contributed by atoms with Crippen LogP contribution >= 0.6 is 11.3 Å². The van der Waals surface area contributed by atoms with Crippen LogP contribution in [0.25, 0.3) is 32.9 Å². The van der Waals surface area contributed by atoms with Crippen LogP contribution in [0, 0.1) is 6.92 Å². The second-order valence-corrected chi connectivity index (χ2v) is 8.37. The van der Waals surface area contributed by atoms with E-state index in [4.69, 9.17) is 9.51 Å². The molecule has 158 valence electrons. The SMILES string of the molecule is Cc1ccc(-c2nc(-c3noc4ccc(C(=O)NCCc5cccnc5)cc34)cs2)cc1. The molecule has 0 aliphatic carbocycles. The number of benzene rings is 2. The van der Waals surface area contributed by atoms with Crippen LogP contribution in [0.4, 0.5) is 0 Å². The lowest BCUT2D eigenvalue weighted by Gasteiger charge is -2.05. The molecule has 0 atom stereocenters. The maximum Gasteiger partial charge on any atom is 0.251 e. The van der Waals surface area contributed by atoms with Gasteiger partial charge < -0.3 is 9.84 Å². The largest absolute Gasteiger partial charge is 0.356 e. The molecule has 3 heterocycles. The summed E-state index contributed by atoms with van der Waals surface area (Å²) < 4.78 is 5.48. The Labute approximate surface area is 189 Å². The number of aromatic nitrogens is 3. The van der Waals surface area contributed by atoms with Crippen molar-refractivity contribution < 1.29 is 9.32 Å². The van der Waals surface area contributed by atoms with Gasteiger partial charge in [-0.3, -0.25) is 9.78 Å². The number of carbonyl (C=O) groups is 1. The summed E-state index contributed by atoms with van der Waals surface area (Å²) in [4.78, 5) is 21.5. The molecule has 1 amide bonds. The van der Waals surface area contributed by atoms with Gasteiger partial charge in [-0.1, -0.05) is 41.1 Å². The third-order valence-electron chi connectivity index (χ3n) is 5.20. The fraction of sp³-hybridized carbons (Fsp3) is 0.120. The zero-order valence-electron chi connectivity index (χ0n) is 17.4. The molecule has 0 saturated heterocycles. The van der Waals surface area contributed by atoms with E-state index in [2.05, 4.69) is 46.6 Å². The molecular weight excluding hydrogens is 420 g/mol. The third kappa shape index (κ3) is 4.15. The van der Waals surface area contributed by atoms with Gasteiger partial charge in [-0.25, -0.2) is 4.98 Å². The number of pyridine rings is 1. The van der Waals surface area contributed by atoms with Crippen molar-refractivity contribution in [3.63, 3.8) is 0 Å². The Hall–Kier alpha value is -3.84. The first-order chi connectivity index (χ1) is 15.7. The van der Waals surface area contributed by atoms with Crippen LogP contribution in [-0.4, -0.2) is 27.6 Å². The average molecular weight is 441 g/mol. The minimum Gasteiger partial charge on any atom is -0.356 e. The van der Waals surface area contributed by atoms with Gasteiger partial charge in [0.2, 0.25) is 0 Å². The first-order valence-corrected chi connectivity index (χ1v) is 11.1. The van der Waals surface area contributed by atoms with Crippen LogP contribution in [0.15, 0.2) is 76.9 Å². The minimum absolute atomic E-state index is 0.137. The Kier molecular flexibility index (Phi) is 5.47. The van der Waals surface area contributed by atoms with Crippen LogP contribution in [0.3, 0.4) is 0 Å². The lowest BCUT2D eigenvalue weighted by molar-refractivity contribution is 0.0954. The summed E-state index contributed by atoms with van der Waals surface area (Å²) in [6.07, 6.45) is 4.27. The van der Waals surface area contributed by atoms with Crippen molar-refractivity contribution in [1.29, 1.82) is 0 Å². The Morgan fingerprint density at radius 2 is 2.00 bits per heavy atom. The molecule has 5 rings (SSSR count). The summed E-state index contributed by atoms with van der Waals surface area (Å²) in [5, 5.41) is 10.8. The fourth-order valence-corrected chi connectivity index (χ4v) is 4.26. The number of hydrogen-bond donors (Lipinski definition) is 1. The number of hydrogen-bond acceptors (Lipinski definition) is 6. The van der Waals surface area contributed by atoms with Gasteiger partial charge in [-0.2, -0.15) is 0 Å². The topological polar surface area (TPSA) is 80.9 Å². The van der Waals surface area contributed by atoms with E-state index < -0.39 is 0 Å². The predicted molar refractivity (Wildman–Crippen MR) is 126 cm³/mol. The molecule has 0 spiro atoms. The van der Waals surface area contributed by atoms with E-state index in [1.807, 2.05) is 23.6 Å². The molecule has 5 aromatic rings. The summed E-state index contributed by atoms with van der Waals surface area (Å²) in [6, 6.07) is 17.5. The zero-order valence-corrected chi connectivity index (χ0v) is 18.2. The van der Waals surface area contributed by atoms with Gasteiger partial charge >= 0.3 is 0 Å². The molecule has 32 heavy (non-hydrogen) atoms. The van der Waals surface area contributed by atoms with Crippen molar-refractivity contribution in [2.24, 2.45) is 0 Å². The number of thiazole rings is 1. The molecule has 3 aromatic heterocycles. The lowest BCUT2D eigenvalue weighted by atomic mass is 10.1. The van der Waals surface area contributed by atoms with Gasteiger partial charge in [0.1, 0.15) is 16.4 Å². The molecular formula is C25H20N4O2S. The molecule has 0 bridgehead atoms. The zero-order chi connectivity index (χ0) is 21.9. The molecule has 7 heteroatoms. The van der Waals surface area contributed by atoms with Gasteiger partial charge in [0, 0.05) is 35.4 Å². The molecule has 0 radical (unpaired) electrons. The second-order valence-electron chi connectivity index (χ2n) is 7.51. The van der Waals surface area contributed by atoms with E-state index in [0.717, 1.165) is 33.6 Å². The van der Waals surface area contributed by atoms with E-state index in [-0.39, 0.29) is 5.91 Å². The monoisotopic (exact) mass is 440 g/mol. The number of fused-ring (bicyclic) bond motifs is 1. The summed E-state index contributed by atoms with van der Waals surface area (Å²) >= 11 is 1.56. The number of carbonyl (C=O) groups excluding carboxylic acids is 1. The minimum atomic E-state index is -0.137. The van der Waals surface area contributed by atoms with Gasteiger partial charge in [0.15, 0.2) is 5.58 Å². The predicted octanol–water partition coefficient (Wildman–Crippen LogP) is 5.29. The maximum atomic E-state index is 12.7. The lowest BCUT2D eigenvalue weighted by Crippen LogP contribution is -2.25. The van der Waals surface area contributed by atoms with Crippen molar-refractivity contribution in [2.75, 3.05) is 6.54 Å². The first-order valence-electron chi connectivity index (χ1n) is 10.3. The van der Waals surface area contributed by atoms with Crippen LogP contribution in [0.1, 0.15) is 21.5 Å². The summed E-state index contributed by atoms with van der Waals surface area (Å²) in [5.74, 6) is -0.137. The Morgan fingerprint density at radius 1 is 1.12 bits per heavy atom. The standard InChI is InChI=1S/C25H20N4O2S/c1-16-4-6-18(7-5-16)25-28-21(15-32-25)23-20-13-19(8-9-22(20)31-29-23)24(30)27-12-10-17-3-2-11-26-14-17/h2-9,11,13-15H,10,12H2,1H3,(H,27,30). The highest BCUT2D eigenvalue weighted by Gasteiger charge is 2.16. The number of aryl methyl sites for hydroxylation is 1. The number of nitrogens with one attached hydrogen (secondary N) is 1. The summed E-state index contributed by atoms with van der Waals surface area (Å²) in [7, 11) is 0. The quantitative estimate of drug-likeness (QED) is 0.388. The fourth-order valence-electron chi connectivity index (χ4n) is 3.44.